The van der Waals surface area contributed by atoms with Crippen molar-refractivity contribution in [3.05, 3.63) is 80.8 Å². The highest BCUT2D eigenvalue weighted by atomic mass is 32.1. The molecule has 278 valence electrons. The third-order valence-corrected chi connectivity index (χ3v) is 12.1. The standard InChI is InChI=1S/C39H40F6N2O3S2/c1-21-29(31-32(38(42,43)39(44,45)37(31,40)41)30-22(2)34(52-24(30)4)27-12-16-46-17-13-27)23(3)51-33(21)26-8-10-28(11-9-26)49-20-25-14-18-47(19-15-25)35(48)50-36(5,6)7/h8-13,16-17,25H,14-15,18-20H2,1-7H3. The van der Waals surface area contributed by atoms with Crippen LogP contribution in [0, 0.1) is 33.6 Å². The molecule has 1 aromatic carbocycles. The van der Waals surface area contributed by atoms with Gasteiger partial charge in [-0.2, -0.15) is 26.3 Å². The summed E-state index contributed by atoms with van der Waals surface area (Å²) in [5, 5.41) is 0. The van der Waals surface area contributed by atoms with E-state index < -0.39 is 34.5 Å². The maximum atomic E-state index is 16.0. The van der Waals surface area contributed by atoms with E-state index in [0.717, 1.165) is 35.5 Å². The summed E-state index contributed by atoms with van der Waals surface area (Å²) in [5.41, 5.74) is -2.12. The third kappa shape index (κ3) is 6.52. The summed E-state index contributed by atoms with van der Waals surface area (Å²) >= 11 is 2.18. The maximum Gasteiger partial charge on any atom is 0.410 e. The Kier molecular flexibility index (Phi) is 9.87. The lowest BCUT2D eigenvalue weighted by Crippen LogP contribution is -2.49. The van der Waals surface area contributed by atoms with Gasteiger partial charge < -0.3 is 14.4 Å². The minimum atomic E-state index is -5.66. The number of carbonyl (C=O) groups is 1. The van der Waals surface area contributed by atoms with Crippen molar-refractivity contribution in [1.82, 2.24) is 9.88 Å². The minimum absolute atomic E-state index is 0.216. The second kappa shape index (κ2) is 13.5. The number of aryl methyl sites for hydroxylation is 2. The van der Waals surface area contributed by atoms with Gasteiger partial charge in [0.15, 0.2) is 0 Å². The minimum Gasteiger partial charge on any atom is -0.493 e. The summed E-state index contributed by atoms with van der Waals surface area (Å²) in [7, 11) is 0. The first kappa shape index (κ1) is 37.9. The molecule has 52 heavy (non-hydrogen) atoms. The molecule has 13 heteroatoms. The normalized spacial score (nSPS) is 18.6. The van der Waals surface area contributed by atoms with Crippen molar-refractivity contribution in [2.24, 2.45) is 5.92 Å². The molecule has 0 saturated carbocycles. The molecular formula is C39H40F6N2O3S2. The van der Waals surface area contributed by atoms with E-state index in [1.807, 2.05) is 20.8 Å². The molecule has 4 aromatic rings. The van der Waals surface area contributed by atoms with Gasteiger partial charge in [0.05, 0.1) is 6.61 Å². The Hall–Kier alpha value is -3.84. The van der Waals surface area contributed by atoms with E-state index in [0.29, 0.717) is 46.3 Å². The fraction of sp³-hybridized carbons (Fsp3) is 0.436. The van der Waals surface area contributed by atoms with Crippen molar-refractivity contribution in [2.75, 3.05) is 19.7 Å². The second-order valence-electron chi connectivity index (χ2n) is 14.4. The number of hydrogen-bond donors (Lipinski definition) is 0. The molecule has 0 unspecified atom stereocenters. The van der Waals surface area contributed by atoms with Crippen LogP contribution in [-0.4, -0.2) is 59.0 Å². The van der Waals surface area contributed by atoms with E-state index in [4.69, 9.17) is 9.47 Å². The van der Waals surface area contributed by atoms with E-state index >= 15 is 26.3 Å². The van der Waals surface area contributed by atoms with Gasteiger partial charge in [0.2, 0.25) is 0 Å². The molecule has 6 rings (SSSR count). The van der Waals surface area contributed by atoms with Crippen molar-refractivity contribution in [2.45, 2.75) is 84.7 Å². The Morgan fingerprint density at radius 2 is 1.25 bits per heavy atom. The monoisotopic (exact) mass is 762 g/mol. The highest BCUT2D eigenvalue weighted by molar-refractivity contribution is 7.16. The predicted octanol–water partition coefficient (Wildman–Crippen LogP) is 11.6. The smallest absolute Gasteiger partial charge is 0.410 e. The first-order valence-electron chi connectivity index (χ1n) is 17.0. The molecule has 1 saturated heterocycles. The average molecular weight is 763 g/mol. The largest absolute Gasteiger partial charge is 0.493 e. The van der Waals surface area contributed by atoms with E-state index in [2.05, 4.69) is 4.98 Å². The van der Waals surface area contributed by atoms with E-state index in [9.17, 15) is 4.79 Å². The number of allylic oxidation sites excluding steroid dienone is 2. The number of benzene rings is 1. The fourth-order valence-corrected chi connectivity index (χ4v) is 9.36. The number of pyridine rings is 1. The van der Waals surface area contributed by atoms with Crippen LogP contribution in [0.15, 0.2) is 48.8 Å². The van der Waals surface area contributed by atoms with Gasteiger partial charge in [-0.1, -0.05) is 0 Å². The molecule has 0 spiro atoms. The number of thiophene rings is 2. The molecule has 1 aliphatic heterocycles. The summed E-state index contributed by atoms with van der Waals surface area (Å²) in [5.74, 6) is -15.2. The topological polar surface area (TPSA) is 51.7 Å². The van der Waals surface area contributed by atoms with E-state index in [-0.39, 0.29) is 44.0 Å². The number of alkyl halides is 6. The van der Waals surface area contributed by atoms with Crippen LogP contribution in [0.5, 0.6) is 5.75 Å². The first-order valence-corrected chi connectivity index (χ1v) is 18.6. The van der Waals surface area contributed by atoms with Gasteiger partial charge in [0.25, 0.3) is 0 Å². The van der Waals surface area contributed by atoms with Crippen molar-refractivity contribution >= 4 is 39.9 Å². The van der Waals surface area contributed by atoms with Gasteiger partial charge >= 0.3 is 23.9 Å². The number of piperidine rings is 1. The summed E-state index contributed by atoms with van der Waals surface area (Å²) in [4.78, 5) is 19.5. The lowest BCUT2D eigenvalue weighted by Gasteiger charge is -2.33. The number of nitrogens with zero attached hydrogens (tertiary/aromatic N) is 2. The average Bonchev–Trinajstić information content (AvgIpc) is 3.57. The molecule has 0 radical (unpaired) electrons. The highest BCUT2D eigenvalue weighted by Crippen LogP contribution is 2.67. The molecular weight excluding hydrogens is 723 g/mol. The lowest BCUT2D eigenvalue weighted by molar-refractivity contribution is -0.254. The lowest BCUT2D eigenvalue weighted by atomic mass is 9.90. The number of rotatable bonds is 7. The zero-order valence-corrected chi connectivity index (χ0v) is 31.6. The van der Waals surface area contributed by atoms with Crippen LogP contribution in [0.3, 0.4) is 0 Å². The van der Waals surface area contributed by atoms with Crippen LogP contribution in [0.4, 0.5) is 31.1 Å². The Morgan fingerprint density at radius 3 is 1.71 bits per heavy atom. The molecule has 0 atom stereocenters. The number of amides is 1. The molecule has 5 nitrogen and oxygen atoms in total. The summed E-state index contributed by atoms with van der Waals surface area (Å²) < 4.78 is 106. The van der Waals surface area contributed by atoms with E-state index in [1.54, 1.807) is 41.3 Å². The van der Waals surface area contributed by atoms with Crippen molar-refractivity contribution < 1.29 is 40.6 Å². The van der Waals surface area contributed by atoms with Crippen LogP contribution in [0.25, 0.3) is 32.0 Å². The molecule has 1 aliphatic carbocycles. The third-order valence-electron chi connectivity index (χ3n) is 9.62. The zero-order valence-electron chi connectivity index (χ0n) is 29.9. The SMILES string of the molecule is Cc1sc(-c2ccncc2)c(C)c1C1=C(c2c(C)sc(-c3ccc(OCC4CCN(C(=O)OC(C)(C)C)CC4)cc3)c2C)C(F)(F)C(F)(F)C1(F)F. The number of ether oxygens (including phenoxy) is 2. The van der Waals surface area contributed by atoms with Crippen LogP contribution < -0.4 is 4.74 Å². The molecule has 0 bridgehead atoms. The van der Waals surface area contributed by atoms with Gasteiger partial charge in [-0.15, -0.1) is 22.7 Å². The summed E-state index contributed by atoms with van der Waals surface area (Å²) in [6.07, 6.45) is 4.20. The highest BCUT2D eigenvalue weighted by Gasteiger charge is 2.80. The van der Waals surface area contributed by atoms with Crippen LogP contribution >= 0.6 is 22.7 Å². The quantitative estimate of drug-likeness (QED) is 0.176. The molecule has 0 N–H and O–H groups in total. The molecule has 1 fully saturated rings. The van der Waals surface area contributed by atoms with Gasteiger partial charge in [-0.25, -0.2) is 4.79 Å². The Labute approximate surface area is 307 Å². The zero-order chi connectivity index (χ0) is 38.0. The van der Waals surface area contributed by atoms with E-state index in [1.165, 1.54) is 40.1 Å². The second-order valence-corrected chi connectivity index (χ2v) is 16.9. The maximum absolute atomic E-state index is 16.0. The number of hydrogen-bond acceptors (Lipinski definition) is 6. The Bertz CT molecular complexity index is 2010. The molecule has 4 heterocycles. The van der Waals surface area contributed by atoms with Crippen molar-refractivity contribution in [1.29, 1.82) is 0 Å². The Morgan fingerprint density at radius 1 is 0.788 bits per heavy atom. The number of halogens is 6. The molecule has 3 aromatic heterocycles. The molecule has 1 amide bonds. The van der Waals surface area contributed by atoms with Crippen molar-refractivity contribution in [3.8, 4) is 26.6 Å². The van der Waals surface area contributed by atoms with Gasteiger partial charge in [0, 0.05) is 67.3 Å². The van der Waals surface area contributed by atoms with Crippen LogP contribution in [-0.2, 0) is 4.74 Å². The van der Waals surface area contributed by atoms with Crippen LogP contribution in [0.1, 0.15) is 65.6 Å². The number of aromatic nitrogens is 1. The fourth-order valence-electron chi connectivity index (χ4n) is 7.01. The number of likely N-dealkylation sites (tertiary alicyclic amines) is 1. The molecule has 2 aliphatic rings. The van der Waals surface area contributed by atoms with Gasteiger partial charge in [-0.3, -0.25) is 4.98 Å². The summed E-state index contributed by atoms with van der Waals surface area (Å²) in [6, 6.07) is 10.2. The Balaban J connectivity index is 1.29. The van der Waals surface area contributed by atoms with Gasteiger partial charge in [-0.05, 0) is 126 Å². The number of carbonyl (C=O) groups excluding carboxylic acids is 1. The summed E-state index contributed by atoms with van der Waals surface area (Å²) in [6.45, 7) is 13.0. The predicted molar refractivity (Wildman–Crippen MR) is 194 cm³/mol. The van der Waals surface area contributed by atoms with Gasteiger partial charge in [0.1, 0.15) is 11.4 Å². The van der Waals surface area contributed by atoms with Crippen molar-refractivity contribution in [3.63, 3.8) is 0 Å². The first-order chi connectivity index (χ1) is 24.3. The van der Waals surface area contributed by atoms with Crippen LogP contribution in [0.2, 0.25) is 0 Å².